The molecule has 62 valence electrons. The molecular weight excluding hydrogens is 198 g/mol. The molecular formula is C10H6NS2+. The molecule has 0 radical (unpaired) electrons. The van der Waals surface area contributed by atoms with Crippen LogP contribution in [-0.4, -0.2) is 4.37 Å². The van der Waals surface area contributed by atoms with Crippen LogP contribution in [0.1, 0.15) is 0 Å². The molecule has 0 aliphatic rings. The highest BCUT2D eigenvalue weighted by Gasteiger charge is 2.12. The maximum Gasteiger partial charge on any atom is 0.324 e. The van der Waals surface area contributed by atoms with E-state index >= 15 is 0 Å². The van der Waals surface area contributed by atoms with Gasteiger partial charge in [-0.15, -0.1) is 4.37 Å². The summed E-state index contributed by atoms with van der Waals surface area (Å²) < 4.78 is 5.64. The number of hydrogen-bond acceptors (Lipinski definition) is 2. The van der Waals surface area contributed by atoms with Crippen LogP contribution < -0.4 is 0 Å². The highest BCUT2D eigenvalue weighted by Crippen LogP contribution is 2.29. The van der Waals surface area contributed by atoms with Crippen molar-refractivity contribution in [1.29, 1.82) is 0 Å². The molecule has 0 N–H and O–H groups in total. The maximum atomic E-state index is 4.33. The van der Waals surface area contributed by atoms with Crippen LogP contribution in [0.25, 0.3) is 21.0 Å². The molecule has 0 saturated carbocycles. The Balaban J connectivity index is 2.65. The molecule has 13 heavy (non-hydrogen) atoms. The predicted octanol–water partition coefficient (Wildman–Crippen LogP) is 3.79. The molecule has 0 atom stereocenters. The average Bonchev–Trinajstić information content (AvgIpc) is 2.65. The second-order valence-electron chi connectivity index (χ2n) is 2.88. The van der Waals surface area contributed by atoms with Gasteiger partial charge in [-0.25, -0.2) is 0 Å². The van der Waals surface area contributed by atoms with E-state index in [1.165, 1.54) is 15.5 Å². The lowest BCUT2D eigenvalue weighted by atomic mass is 10.1. The highest BCUT2D eigenvalue weighted by atomic mass is 32.9. The summed E-state index contributed by atoms with van der Waals surface area (Å²) in [6.45, 7) is 0. The Bertz CT molecular complexity index is 571. The fourth-order valence-electron chi connectivity index (χ4n) is 1.49. The normalized spacial score (nSPS) is 11.1. The van der Waals surface area contributed by atoms with E-state index in [-0.39, 0.29) is 0 Å². The largest absolute Gasteiger partial charge is 0.324 e. The van der Waals surface area contributed by atoms with Crippen molar-refractivity contribution in [3.05, 3.63) is 36.4 Å². The fourth-order valence-corrected chi connectivity index (χ4v) is 3.47. The molecule has 2 aromatic carbocycles. The van der Waals surface area contributed by atoms with Gasteiger partial charge in [0.25, 0.3) is 15.2 Å². The number of hydrogen-bond donors (Lipinski definition) is 0. The van der Waals surface area contributed by atoms with Crippen molar-refractivity contribution in [2.75, 3.05) is 0 Å². The van der Waals surface area contributed by atoms with Crippen LogP contribution >= 0.6 is 20.9 Å². The summed E-state index contributed by atoms with van der Waals surface area (Å²) in [6, 6.07) is 12.7. The van der Waals surface area contributed by atoms with Gasteiger partial charge in [0.1, 0.15) is 5.52 Å². The number of aromatic nitrogens is 1. The Morgan fingerprint density at radius 3 is 3.00 bits per heavy atom. The molecule has 0 amide bonds. The zero-order valence-electron chi connectivity index (χ0n) is 6.73. The fraction of sp³-hybridized carbons (Fsp3) is 0. The van der Waals surface area contributed by atoms with Gasteiger partial charge in [-0.2, -0.15) is 0 Å². The Kier molecular flexibility index (Phi) is 1.54. The third-order valence-electron chi connectivity index (χ3n) is 2.12. The van der Waals surface area contributed by atoms with Crippen molar-refractivity contribution in [3.63, 3.8) is 0 Å². The number of rotatable bonds is 0. The molecule has 0 aliphatic heterocycles. The van der Waals surface area contributed by atoms with Crippen molar-refractivity contribution in [3.8, 4) is 0 Å². The topological polar surface area (TPSA) is 12.9 Å². The zero-order chi connectivity index (χ0) is 8.67. The molecule has 0 bridgehead atoms. The number of benzene rings is 2. The van der Waals surface area contributed by atoms with E-state index in [1.54, 1.807) is 20.9 Å². The number of fused-ring (bicyclic) bond motifs is 3. The van der Waals surface area contributed by atoms with Gasteiger partial charge < -0.3 is 0 Å². The molecule has 3 rings (SSSR count). The van der Waals surface area contributed by atoms with E-state index in [0.717, 1.165) is 5.52 Å². The van der Waals surface area contributed by atoms with Gasteiger partial charge >= 0.3 is 10.3 Å². The van der Waals surface area contributed by atoms with Crippen LogP contribution in [0.4, 0.5) is 0 Å². The molecule has 0 saturated heterocycles. The molecule has 0 aliphatic carbocycles. The minimum Gasteiger partial charge on any atom is -0.135 e. The summed E-state index contributed by atoms with van der Waals surface area (Å²) >= 11 is 0. The Labute approximate surface area is 82.8 Å². The van der Waals surface area contributed by atoms with E-state index in [4.69, 9.17) is 0 Å². The summed E-state index contributed by atoms with van der Waals surface area (Å²) in [5.74, 6) is 0. The van der Waals surface area contributed by atoms with Crippen LogP contribution in [0.2, 0.25) is 0 Å². The van der Waals surface area contributed by atoms with Gasteiger partial charge in [0.05, 0.1) is 5.39 Å². The Morgan fingerprint density at radius 1 is 1.08 bits per heavy atom. The van der Waals surface area contributed by atoms with E-state index in [2.05, 4.69) is 40.8 Å². The van der Waals surface area contributed by atoms with Crippen LogP contribution in [0.15, 0.2) is 36.4 Å². The second-order valence-corrected chi connectivity index (χ2v) is 4.74. The van der Waals surface area contributed by atoms with Crippen molar-refractivity contribution in [2.45, 2.75) is 0 Å². The third kappa shape index (κ3) is 1.04. The molecule has 1 aromatic heterocycles. The third-order valence-corrected chi connectivity index (χ3v) is 4.00. The summed E-state index contributed by atoms with van der Waals surface area (Å²) in [5, 5.41) is 2.62. The van der Waals surface area contributed by atoms with Crippen LogP contribution in [0, 0.1) is 0 Å². The van der Waals surface area contributed by atoms with Gasteiger partial charge in [-0.05, 0) is 17.5 Å². The van der Waals surface area contributed by atoms with Gasteiger partial charge in [-0.3, -0.25) is 0 Å². The second kappa shape index (κ2) is 2.72. The zero-order valence-corrected chi connectivity index (χ0v) is 8.36. The van der Waals surface area contributed by atoms with Gasteiger partial charge in [-0.1, -0.05) is 24.3 Å². The minimum atomic E-state index is 1.12. The molecule has 0 unspecified atom stereocenters. The van der Waals surface area contributed by atoms with Crippen molar-refractivity contribution in [2.24, 2.45) is 0 Å². The monoisotopic (exact) mass is 204 g/mol. The maximum absolute atomic E-state index is 4.33. The average molecular weight is 204 g/mol. The van der Waals surface area contributed by atoms with Gasteiger partial charge in [0.2, 0.25) is 0 Å². The molecule has 3 aromatic rings. The summed E-state index contributed by atoms with van der Waals surface area (Å²) in [4.78, 5) is 0. The van der Waals surface area contributed by atoms with Crippen molar-refractivity contribution < 1.29 is 0 Å². The van der Waals surface area contributed by atoms with Crippen LogP contribution in [0.5, 0.6) is 0 Å². The van der Waals surface area contributed by atoms with E-state index in [9.17, 15) is 0 Å². The standard InChI is InChI=1S/C10H6NS2/c1-2-4-8-7(3-1)5-6-9-10(8)12-13-11-9/h1-6H/q+1. The highest BCUT2D eigenvalue weighted by molar-refractivity contribution is 7.70. The lowest BCUT2D eigenvalue weighted by Gasteiger charge is -1.91. The minimum absolute atomic E-state index is 1.12. The molecule has 3 heteroatoms. The first kappa shape index (κ1) is 7.35. The van der Waals surface area contributed by atoms with E-state index in [1.807, 2.05) is 0 Å². The summed E-state index contributed by atoms with van der Waals surface area (Å²) in [5.41, 5.74) is 1.12. The van der Waals surface area contributed by atoms with E-state index in [0.29, 0.717) is 0 Å². The van der Waals surface area contributed by atoms with Crippen molar-refractivity contribution in [1.82, 2.24) is 4.37 Å². The van der Waals surface area contributed by atoms with Crippen LogP contribution in [0.3, 0.4) is 0 Å². The molecule has 0 fully saturated rings. The van der Waals surface area contributed by atoms with Crippen molar-refractivity contribution >= 4 is 41.9 Å². The first-order valence-corrected chi connectivity index (χ1v) is 6.12. The predicted molar refractivity (Wildman–Crippen MR) is 59.4 cm³/mol. The molecule has 1 nitrogen and oxygen atoms in total. The Hall–Kier alpha value is -1.06. The Morgan fingerprint density at radius 2 is 2.00 bits per heavy atom. The molecule has 0 spiro atoms. The van der Waals surface area contributed by atoms with Gasteiger partial charge in [0.15, 0.2) is 0 Å². The smallest absolute Gasteiger partial charge is 0.135 e. The quantitative estimate of drug-likeness (QED) is 0.401. The van der Waals surface area contributed by atoms with Gasteiger partial charge in [0, 0.05) is 0 Å². The lowest BCUT2D eigenvalue weighted by Crippen LogP contribution is -1.71. The first-order valence-electron chi connectivity index (χ1n) is 4.02. The van der Waals surface area contributed by atoms with E-state index < -0.39 is 0 Å². The van der Waals surface area contributed by atoms with Crippen LogP contribution in [-0.2, 0) is 0 Å². The summed E-state index contributed by atoms with van der Waals surface area (Å²) in [7, 11) is 3.31. The first-order chi connectivity index (χ1) is 6.45. The summed E-state index contributed by atoms with van der Waals surface area (Å²) in [6.07, 6.45) is 0. The molecule has 1 heterocycles. The lowest BCUT2D eigenvalue weighted by molar-refractivity contribution is 1.68. The number of nitrogens with zero attached hydrogens (tertiary/aromatic N) is 1. The SMILES string of the molecule is c1ccc2c(c1)ccc1ns[s+]c12.